The van der Waals surface area contributed by atoms with E-state index in [1.807, 2.05) is 20.8 Å². The quantitative estimate of drug-likeness (QED) is 0.720. The first-order valence-corrected chi connectivity index (χ1v) is 9.71. The first-order valence-electron chi connectivity index (χ1n) is 7.82. The lowest BCUT2D eigenvalue weighted by molar-refractivity contribution is -0.137. The average molecular weight is 384 g/mol. The van der Waals surface area contributed by atoms with Crippen molar-refractivity contribution in [3.63, 3.8) is 0 Å². The standard InChI is InChI=1S/C17H24N2O6S/c1-17(2,3)18-14(20)10-19(4)15(21)11-25-16(22)12-8-6-7-9-13(12)26(5,23)24/h6-9H,10-11H2,1-5H3,(H,18,20). The predicted octanol–water partition coefficient (Wildman–Crippen LogP) is 0.620. The molecule has 0 aliphatic rings. The Bertz CT molecular complexity index is 796. The Morgan fingerprint density at radius 3 is 2.27 bits per heavy atom. The summed E-state index contributed by atoms with van der Waals surface area (Å²) < 4.78 is 28.3. The fourth-order valence-electron chi connectivity index (χ4n) is 2.04. The maximum absolute atomic E-state index is 12.1. The highest BCUT2D eigenvalue weighted by molar-refractivity contribution is 7.90. The van der Waals surface area contributed by atoms with Crippen LogP contribution in [0.25, 0.3) is 0 Å². The van der Waals surface area contributed by atoms with Gasteiger partial charge < -0.3 is 15.0 Å². The summed E-state index contributed by atoms with van der Waals surface area (Å²) in [7, 11) is -2.21. The molecule has 9 heteroatoms. The minimum absolute atomic E-state index is 0.143. The first-order chi connectivity index (χ1) is 11.8. The lowest BCUT2D eigenvalue weighted by Crippen LogP contribution is -2.46. The van der Waals surface area contributed by atoms with E-state index in [4.69, 9.17) is 4.74 Å². The van der Waals surface area contributed by atoms with Gasteiger partial charge in [0.05, 0.1) is 17.0 Å². The van der Waals surface area contributed by atoms with Gasteiger partial charge in [-0.2, -0.15) is 0 Å². The van der Waals surface area contributed by atoms with Gasteiger partial charge in [0, 0.05) is 18.8 Å². The van der Waals surface area contributed by atoms with Crippen LogP contribution in [0.4, 0.5) is 0 Å². The number of hydrogen-bond donors (Lipinski definition) is 1. The molecule has 0 bridgehead atoms. The van der Waals surface area contributed by atoms with Gasteiger partial charge in [-0.3, -0.25) is 9.59 Å². The summed E-state index contributed by atoms with van der Waals surface area (Å²) in [5.41, 5.74) is -0.570. The summed E-state index contributed by atoms with van der Waals surface area (Å²) in [6.45, 7) is 4.65. The third-order valence-electron chi connectivity index (χ3n) is 3.15. The molecule has 1 N–H and O–H groups in total. The molecule has 0 aliphatic carbocycles. The fraction of sp³-hybridized carbons (Fsp3) is 0.471. The Morgan fingerprint density at radius 1 is 1.15 bits per heavy atom. The van der Waals surface area contributed by atoms with Gasteiger partial charge in [-0.15, -0.1) is 0 Å². The lowest BCUT2D eigenvalue weighted by atomic mass is 10.1. The number of benzene rings is 1. The van der Waals surface area contributed by atoms with Crippen molar-refractivity contribution in [1.82, 2.24) is 10.2 Å². The Morgan fingerprint density at radius 2 is 1.73 bits per heavy atom. The van der Waals surface area contributed by atoms with Crippen LogP contribution in [0.3, 0.4) is 0 Å². The molecule has 0 fully saturated rings. The van der Waals surface area contributed by atoms with Crippen LogP contribution in [-0.4, -0.2) is 63.1 Å². The Kier molecular flexibility index (Phi) is 6.91. The zero-order valence-corrected chi connectivity index (χ0v) is 16.3. The third kappa shape index (κ3) is 6.83. The molecule has 1 aromatic rings. The lowest BCUT2D eigenvalue weighted by Gasteiger charge is -2.23. The van der Waals surface area contributed by atoms with Crippen LogP contribution in [0.5, 0.6) is 0 Å². The molecule has 1 aromatic carbocycles. The second-order valence-electron chi connectivity index (χ2n) is 6.89. The smallest absolute Gasteiger partial charge is 0.339 e. The topological polar surface area (TPSA) is 110 Å². The van der Waals surface area contributed by atoms with Crippen LogP contribution in [0.1, 0.15) is 31.1 Å². The molecular weight excluding hydrogens is 360 g/mol. The monoisotopic (exact) mass is 384 g/mol. The van der Waals surface area contributed by atoms with Gasteiger partial charge in [-0.05, 0) is 32.9 Å². The van der Waals surface area contributed by atoms with E-state index in [1.54, 1.807) is 0 Å². The molecule has 2 amide bonds. The molecule has 0 atom stereocenters. The van der Waals surface area contributed by atoms with Gasteiger partial charge in [0.1, 0.15) is 0 Å². The maximum atomic E-state index is 12.1. The molecule has 0 aromatic heterocycles. The summed E-state index contributed by atoms with van der Waals surface area (Å²) in [6, 6.07) is 5.58. The summed E-state index contributed by atoms with van der Waals surface area (Å²) in [5, 5.41) is 2.71. The van der Waals surface area contributed by atoms with Crippen LogP contribution in [0.2, 0.25) is 0 Å². The van der Waals surface area contributed by atoms with Gasteiger partial charge in [-0.1, -0.05) is 12.1 Å². The van der Waals surface area contributed by atoms with Crippen molar-refractivity contribution < 1.29 is 27.5 Å². The predicted molar refractivity (Wildman–Crippen MR) is 95.4 cm³/mol. The molecular formula is C17H24N2O6S. The second-order valence-corrected chi connectivity index (χ2v) is 8.88. The van der Waals surface area contributed by atoms with E-state index < -0.39 is 33.9 Å². The van der Waals surface area contributed by atoms with Crippen LogP contribution < -0.4 is 5.32 Å². The first kappa shape index (κ1) is 21.6. The minimum Gasteiger partial charge on any atom is -0.452 e. The van der Waals surface area contributed by atoms with Crippen molar-refractivity contribution in [2.45, 2.75) is 31.2 Å². The van der Waals surface area contributed by atoms with Gasteiger partial charge in [0.2, 0.25) is 5.91 Å². The highest BCUT2D eigenvalue weighted by atomic mass is 32.2. The number of nitrogens with one attached hydrogen (secondary N) is 1. The number of ether oxygens (including phenoxy) is 1. The van der Waals surface area contributed by atoms with E-state index in [2.05, 4.69) is 5.32 Å². The molecule has 8 nitrogen and oxygen atoms in total. The summed E-state index contributed by atoms with van der Waals surface area (Å²) in [6.07, 6.45) is 0.978. The Balaban J connectivity index is 2.68. The van der Waals surface area contributed by atoms with Crippen LogP contribution in [0.15, 0.2) is 29.2 Å². The molecule has 0 saturated heterocycles. The van der Waals surface area contributed by atoms with Crippen molar-refractivity contribution in [2.24, 2.45) is 0 Å². The minimum atomic E-state index is -3.62. The van der Waals surface area contributed by atoms with E-state index in [1.165, 1.54) is 31.3 Å². The third-order valence-corrected chi connectivity index (χ3v) is 4.31. The SMILES string of the molecule is CN(CC(=O)NC(C)(C)C)C(=O)COC(=O)c1ccccc1S(C)(=O)=O. The number of esters is 1. The summed E-state index contributed by atoms with van der Waals surface area (Å²) >= 11 is 0. The molecule has 0 heterocycles. The Hall–Kier alpha value is -2.42. The number of likely N-dealkylation sites (N-methyl/N-ethyl adjacent to an activating group) is 1. The second kappa shape index (κ2) is 8.31. The van der Waals surface area contributed by atoms with Gasteiger partial charge in [0.25, 0.3) is 5.91 Å². The molecule has 26 heavy (non-hydrogen) atoms. The molecule has 1 rings (SSSR count). The number of rotatable bonds is 6. The molecule has 0 radical (unpaired) electrons. The van der Waals surface area contributed by atoms with Crippen molar-refractivity contribution in [3.8, 4) is 0 Å². The van der Waals surface area contributed by atoms with E-state index >= 15 is 0 Å². The van der Waals surface area contributed by atoms with Crippen LogP contribution >= 0.6 is 0 Å². The summed E-state index contributed by atoms with van der Waals surface area (Å²) in [5.74, 6) is -1.85. The van der Waals surface area contributed by atoms with E-state index in [9.17, 15) is 22.8 Å². The van der Waals surface area contributed by atoms with Gasteiger partial charge in [-0.25, -0.2) is 13.2 Å². The number of carbonyl (C=O) groups is 3. The maximum Gasteiger partial charge on any atom is 0.339 e. The number of nitrogens with zero attached hydrogens (tertiary/aromatic N) is 1. The van der Waals surface area contributed by atoms with E-state index in [-0.39, 0.29) is 22.9 Å². The average Bonchev–Trinajstić information content (AvgIpc) is 2.49. The molecule has 0 aliphatic heterocycles. The van der Waals surface area contributed by atoms with E-state index in [0.717, 1.165) is 11.2 Å². The fourth-order valence-corrected chi connectivity index (χ4v) is 2.91. The van der Waals surface area contributed by atoms with Crippen LogP contribution in [0, 0.1) is 0 Å². The number of sulfone groups is 1. The van der Waals surface area contributed by atoms with Crippen molar-refractivity contribution in [2.75, 3.05) is 26.5 Å². The molecule has 0 unspecified atom stereocenters. The largest absolute Gasteiger partial charge is 0.452 e. The molecule has 0 saturated carbocycles. The van der Waals surface area contributed by atoms with Crippen molar-refractivity contribution >= 4 is 27.6 Å². The molecule has 144 valence electrons. The van der Waals surface area contributed by atoms with Crippen molar-refractivity contribution in [1.29, 1.82) is 0 Å². The van der Waals surface area contributed by atoms with Gasteiger partial charge >= 0.3 is 5.97 Å². The number of amides is 2. The highest BCUT2D eigenvalue weighted by Gasteiger charge is 2.22. The summed E-state index contributed by atoms with van der Waals surface area (Å²) in [4.78, 5) is 36.9. The van der Waals surface area contributed by atoms with Gasteiger partial charge in [0.15, 0.2) is 16.4 Å². The zero-order chi connectivity index (χ0) is 20.1. The Labute approximate surface area is 153 Å². The number of hydrogen-bond acceptors (Lipinski definition) is 6. The zero-order valence-electron chi connectivity index (χ0n) is 15.5. The van der Waals surface area contributed by atoms with Crippen LogP contribution in [-0.2, 0) is 24.2 Å². The van der Waals surface area contributed by atoms with Crippen molar-refractivity contribution in [3.05, 3.63) is 29.8 Å². The highest BCUT2D eigenvalue weighted by Crippen LogP contribution is 2.16. The van der Waals surface area contributed by atoms with E-state index in [0.29, 0.717) is 0 Å². The number of carbonyl (C=O) groups excluding carboxylic acids is 3. The normalized spacial score (nSPS) is 11.6. The molecule has 0 spiro atoms.